The Kier molecular flexibility index (Phi) is 4.20. The van der Waals surface area contributed by atoms with Crippen molar-refractivity contribution in [3.8, 4) is 0 Å². The summed E-state index contributed by atoms with van der Waals surface area (Å²) in [5.74, 6) is -2.32. The van der Waals surface area contributed by atoms with Crippen molar-refractivity contribution < 1.29 is 17.2 Å². The lowest BCUT2D eigenvalue weighted by molar-refractivity contribution is 0.557. The van der Waals surface area contributed by atoms with Crippen molar-refractivity contribution in [2.75, 3.05) is 10.5 Å². The standard InChI is InChI=1S/C13H11BrF2N2O2S/c1-7-8(14)3-2-4-10(7)18-21(19,20)11-6-5-9(15)13(17)12(11)16/h2-6,18H,17H2,1H3. The van der Waals surface area contributed by atoms with Crippen molar-refractivity contribution >= 4 is 37.3 Å². The summed E-state index contributed by atoms with van der Waals surface area (Å²) in [5.41, 5.74) is 5.27. The predicted molar refractivity (Wildman–Crippen MR) is 80.5 cm³/mol. The van der Waals surface area contributed by atoms with E-state index >= 15 is 0 Å². The maximum absolute atomic E-state index is 13.8. The number of hydrogen-bond acceptors (Lipinski definition) is 3. The zero-order chi connectivity index (χ0) is 15.8. The molecule has 2 rings (SSSR count). The monoisotopic (exact) mass is 376 g/mol. The number of halogens is 3. The third kappa shape index (κ3) is 3.01. The van der Waals surface area contributed by atoms with Crippen LogP contribution in [-0.4, -0.2) is 8.42 Å². The van der Waals surface area contributed by atoms with Gasteiger partial charge in [-0.15, -0.1) is 0 Å². The SMILES string of the molecule is Cc1c(Br)cccc1NS(=O)(=O)c1ccc(F)c(N)c1F. The molecule has 0 saturated heterocycles. The Hall–Kier alpha value is -1.67. The molecule has 0 atom stereocenters. The van der Waals surface area contributed by atoms with Gasteiger partial charge in [0, 0.05) is 4.47 Å². The van der Waals surface area contributed by atoms with Crippen molar-refractivity contribution in [1.82, 2.24) is 0 Å². The van der Waals surface area contributed by atoms with Gasteiger partial charge in [0.25, 0.3) is 10.0 Å². The smallest absolute Gasteiger partial charge is 0.264 e. The van der Waals surface area contributed by atoms with E-state index in [-0.39, 0.29) is 5.69 Å². The Bertz CT molecular complexity index is 810. The van der Waals surface area contributed by atoms with E-state index < -0.39 is 32.2 Å². The van der Waals surface area contributed by atoms with Crippen molar-refractivity contribution in [3.05, 3.63) is 52.0 Å². The molecule has 112 valence electrons. The minimum absolute atomic E-state index is 0.284. The number of hydrogen-bond donors (Lipinski definition) is 2. The van der Waals surface area contributed by atoms with Crippen LogP contribution in [-0.2, 0) is 10.0 Å². The Morgan fingerprint density at radius 2 is 1.86 bits per heavy atom. The lowest BCUT2D eigenvalue weighted by Gasteiger charge is -2.13. The normalized spacial score (nSPS) is 11.4. The van der Waals surface area contributed by atoms with E-state index in [4.69, 9.17) is 5.73 Å². The zero-order valence-electron chi connectivity index (χ0n) is 10.8. The lowest BCUT2D eigenvalue weighted by atomic mass is 10.2. The van der Waals surface area contributed by atoms with Gasteiger partial charge in [0.1, 0.15) is 16.4 Å². The van der Waals surface area contributed by atoms with Crippen LogP contribution in [0.2, 0.25) is 0 Å². The number of nitrogens with two attached hydrogens (primary N) is 1. The summed E-state index contributed by atoms with van der Waals surface area (Å²) in [6, 6.07) is 6.54. The molecule has 0 heterocycles. The van der Waals surface area contributed by atoms with Crippen molar-refractivity contribution in [2.24, 2.45) is 0 Å². The number of nitrogen functional groups attached to an aromatic ring is 1. The summed E-state index contributed by atoms with van der Waals surface area (Å²) in [6.07, 6.45) is 0. The second kappa shape index (κ2) is 5.61. The Morgan fingerprint density at radius 3 is 2.52 bits per heavy atom. The van der Waals surface area contributed by atoms with Gasteiger partial charge in [0.15, 0.2) is 5.82 Å². The molecule has 2 aromatic carbocycles. The van der Waals surface area contributed by atoms with E-state index in [1.807, 2.05) is 0 Å². The molecule has 0 aromatic heterocycles. The third-order valence-electron chi connectivity index (χ3n) is 2.89. The molecule has 0 spiro atoms. The number of nitrogens with one attached hydrogen (secondary N) is 1. The van der Waals surface area contributed by atoms with Crippen LogP contribution < -0.4 is 10.5 Å². The van der Waals surface area contributed by atoms with E-state index in [1.165, 1.54) is 6.07 Å². The molecule has 0 unspecified atom stereocenters. The van der Waals surface area contributed by atoms with Gasteiger partial charge in [-0.2, -0.15) is 0 Å². The van der Waals surface area contributed by atoms with Gasteiger partial charge < -0.3 is 5.73 Å². The molecule has 0 fully saturated rings. The molecule has 21 heavy (non-hydrogen) atoms. The number of anilines is 2. The molecule has 0 aliphatic heterocycles. The van der Waals surface area contributed by atoms with Crippen molar-refractivity contribution in [1.29, 1.82) is 0 Å². The van der Waals surface area contributed by atoms with Gasteiger partial charge in [-0.1, -0.05) is 22.0 Å². The first kappa shape index (κ1) is 15.7. The van der Waals surface area contributed by atoms with Gasteiger partial charge in [-0.25, -0.2) is 17.2 Å². The number of sulfonamides is 1. The van der Waals surface area contributed by atoms with Gasteiger partial charge in [0.05, 0.1) is 5.69 Å². The second-order valence-corrected chi connectivity index (χ2v) is 6.80. The average Bonchev–Trinajstić information content (AvgIpc) is 2.41. The fourth-order valence-electron chi connectivity index (χ4n) is 1.67. The van der Waals surface area contributed by atoms with Crippen LogP contribution in [0.4, 0.5) is 20.2 Å². The molecule has 0 amide bonds. The van der Waals surface area contributed by atoms with E-state index in [9.17, 15) is 17.2 Å². The third-order valence-corrected chi connectivity index (χ3v) is 5.13. The Balaban J connectivity index is 2.49. The predicted octanol–water partition coefficient (Wildman–Crippen LogP) is 3.42. The highest BCUT2D eigenvalue weighted by atomic mass is 79.9. The Morgan fingerprint density at radius 1 is 1.19 bits per heavy atom. The van der Waals surface area contributed by atoms with Gasteiger partial charge in [-0.05, 0) is 36.8 Å². The van der Waals surface area contributed by atoms with Crippen LogP contribution in [0.5, 0.6) is 0 Å². The maximum atomic E-state index is 13.8. The summed E-state index contributed by atoms with van der Waals surface area (Å²) in [4.78, 5) is -0.708. The summed E-state index contributed by atoms with van der Waals surface area (Å²) in [6.45, 7) is 1.69. The van der Waals surface area contributed by atoms with E-state index in [1.54, 1.807) is 19.1 Å². The number of rotatable bonds is 3. The summed E-state index contributed by atoms with van der Waals surface area (Å²) >= 11 is 3.27. The van der Waals surface area contributed by atoms with Crippen LogP contribution in [0.3, 0.4) is 0 Å². The second-order valence-electron chi connectivity index (χ2n) is 4.29. The molecular weight excluding hydrogens is 366 g/mol. The molecular formula is C13H11BrF2N2O2S. The molecule has 0 aliphatic rings. The molecule has 3 N–H and O–H groups in total. The first-order valence-corrected chi connectivity index (χ1v) is 8.03. The summed E-state index contributed by atoms with van der Waals surface area (Å²) < 4.78 is 54.3. The van der Waals surface area contributed by atoms with Crippen molar-refractivity contribution in [2.45, 2.75) is 11.8 Å². The van der Waals surface area contributed by atoms with Crippen molar-refractivity contribution in [3.63, 3.8) is 0 Å². The highest BCUT2D eigenvalue weighted by molar-refractivity contribution is 9.10. The Labute approximate surface area is 129 Å². The molecule has 8 heteroatoms. The molecule has 4 nitrogen and oxygen atoms in total. The molecule has 0 radical (unpaired) electrons. The fraction of sp³-hybridized carbons (Fsp3) is 0.0769. The highest BCUT2D eigenvalue weighted by Crippen LogP contribution is 2.28. The van der Waals surface area contributed by atoms with Crippen LogP contribution in [0.25, 0.3) is 0 Å². The molecule has 0 aliphatic carbocycles. The molecule has 2 aromatic rings. The first-order valence-electron chi connectivity index (χ1n) is 5.75. The van der Waals surface area contributed by atoms with Crippen LogP contribution >= 0.6 is 15.9 Å². The topological polar surface area (TPSA) is 72.2 Å². The largest absolute Gasteiger partial charge is 0.394 e. The summed E-state index contributed by atoms with van der Waals surface area (Å²) in [7, 11) is -4.22. The molecule has 0 bridgehead atoms. The minimum Gasteiger partial charge on any atom is -0.394 e. The first-order chi connectivity index (χ1) is 9.74. The van der Waals surface area contributed by atoms with E-state index in [0.29, 0.717) is 10.0 Å². The average molecular weight is 377 g/mol. The van der Waals surface area contributed by atoms with Gasteiger partial charge in [-0.3, -0.25) is 4.72 Å². The summed E-state index contributed by atoms with van der Waals surface area (Å²) in [5, 5.41) is 0. The van der Waals surface area contributed by atoms with Crippen LogP contribution in [0, 0.1) is 18.6 Å². The van der Waals surface area contributed by atoms with Crippen LogP contribution in [0.15, 0.2) is 39.7 Å². The lowest BCUT2D eigenvalue weighted by Crippen LogP contribution is -2.16. The van der Waals surface area contributed by atoms with Gasteiger partial charge in [0.2, 0.25) is 0 Å². The van der Waals surface area contributed by atoms with E-state index in [2.05, 4.69) is 20.7 Å². The minimum atomic E-state index is -4.22. The zero-order valence-corrected chi connectivity index (χ0v) is 13.2. The molecule has 0 saturated carbocycles. The maximum Gasteiger partial charge on any atom is 0.264 e. The van der Waals surface area contributed by atoms with E-state index in [0.717, 1.165) is 12.1 Å². The van der Waals surface area contributed by atoms with Crippen LogP contribution in [0.1, 0.15) is 5.56 Å². The number of benzene rings is 2. The van der Waals surface area contributed by atoms with Gasteiger partial charge >= 0.3 is 0 Å². The highest BCUT2D eigenvalue weighted by Gasteiger charge is 2.23. The fourth-order valence-corrected chi connectivity index (χ4v) is 3.25. The quantitative estimate of drug-likeness (QED) is 0.806.